The van der Waals surface area contributed by atoms with Crippen LogP contribution in [0.5, 0.6) is 0 Å². The first kappa shape index (κ1) is 16.9. The molecule has 0 bridgehead atoms. The van der Waals surface area contributed by atoms with Crippen molar-refractivity contribution in [3.05, 3.63) is 0 Å². The second-order valence-corrected chi connectivity index (χ2v) is 7.82. The largest absolute Gasteiger partial charge is 0.385 e. The lowest BCUT2D eigenvalue weighted by Gasteiger charge is -2.37. The van der Waals surface area contributed by atoms with Gasteiger partial charge < -0.3 is 14.3 Å². The van der Waals surface area contributed by atoms with Gasteiger partial charge in [0, 0.05) is 0 Å². The number of aliphatic hydroxyl groups is 1. The molecule has 1 aliphatic carbocycles. The lowest BCUT2D eigenvalue weighted by Crippen LogP contribution is -2.44. The summed E-state index contributed by atoms with van der Waals surface area (Å²) in [6.07, 6.45) is 3.73. The van der Waals surface area contributed by atoms with Crippen molar-refractivity contribution in [2.45, 2.75) is 52.2 Å². The fourth-order valence-corrected chi connectivity index (χ4v) is 3.23. The standard InChI is InChI=1S/C16H34NO2/c1-12(2)15-8-7-13(3)9-16(15)19-11-14(18)10-17(4,5)6/h12-16,18H,7-11H2,1-6H3/q+1. The average molecular weight is 272 g/mol. The molecule has 1 aliphatic rings. The van der Waals surface area contributed by atoms with Gasteiger partial charge in [-0.25, -0.2) is 0 Å². The van der Waals surface area contributed by atoms with Crippen LogP contribution in [0.3, 0.4) is 0 Å². The molecule has 4 atom stereocenters. The van der Waals surface area contributed by atoms with Crippen molar-refractivity contribution in [3.8, 4) is 0 Å². The van der Waals surface area contributed by atoms with E-state index in [1.807, 2.05) is 0 Å². The number of rotatable bonds is 6. The van der Waals surface area contributed by atoms with Crippen molar-refractivity contribution >= 4 is 0 Å². The van der Waals surface area contributed by atoms with Crippen molar-refractivity contribution in [1.82, 2.24) is 0 Å². The van der Waals surface area contributed by atoms with Gasteiger partial charge >= 0.3 is 0 Å². The average Bonchev–Trinajstić information content (AvgIpc) is 2.23. The predicted octanol–water partition coefficient (Wildman–Crippen LogP) is 2.53. The molecule has 0 amide bonds. The number of ether oxygens (including phenoxy) is 1. The molecule has 4 unspecified atom stereocenters. The third-order valence-electron chi connectivity index (χ3n) is 4.22. The SMILES string of the molecule is CC1CCC(C(C)C)C(OCC(O)C[N+](C)(C)C)C1. The van der Waals surface area contributed by atoms with Gasteiger partial charge in [-0.15, -0.1) is 0 Å². The molecule has 19 heavy (non-hydrogen) atoms. The van der Waals surface area contributed by atoms with Crippen LogP contribution in [0.2, 0.25) is 0 Å². The zero-order valence-corrected chi connectivity index (χ0v) is 13.7. The molecule has 1 fully saturated rings. The molecular weight excluding hydrogens is 238 g/mol. The molecule has 1 saturated carbocycles. The number of aliphatic hydroxyl groups excluding tert-OH is 1. The fourth-order valence-electron chi connectivity index (χ4n) is 3.23. The van der Waals surface area contributed by atoms with Gasteiger partial charge in [0.05, 0.1) is 33.9 Å². The van der Waals surface area contributed by atoms with E-state index in [0.29, 0.717) is 24.5 Å². The van der Waals surface area contributed by atoms with Crippen molar-refractivity contribution < 1.29 is 14.3 Å². The van der Waals surface area contributed by atoms with E-state index in [0.717, 1.165) is 23.4 Å². The molecule has 1 rings (SSSR count). The van der Waals surface area contributed by atoms with E-state index in [2.05, 4.69) is 41.9 Å². The van der Waals surface area contributed by atoms with Crippen molar-refractivity contribution in [2.75, 3.05) is 34.3 Å². The van der Waals surface area contributed by atoms with Gasteiger partial charge in [-0.1, -0.05) is 27.2 Å². The highest BCUT2D eigenvalue weighted by atomic mass is 16.5. The summed E-state index contributed by atoms with van der Waals surface area (Å²) >= 11 is 0. The van der Waals surface area contributed by atoms with E-state index < -0.39 is 0 Å². The molecular formula is C16H34NO2+. The first-order valence-corrected chi connectivity index (χ1v) is 7.79. The maximum Gasteiger partial charge on any atom is 0.126 e. The van der Waals surface area contributed by atoms with E-state index in [9.17, 15) is 5.11 Å². The lowest BCUT2D eigenvalue weighted by molar-refractivity contribution is -0.873. The highest BCUT2D eigenvalue weighted by Crippen LogP contribution is 2.35. The maximum absolute atomic E-state index is 10.1. The van der Waals surface area contributed by atoms with Crippen LogP contribution in [-0.2, 0) is 4.74 Å². The summed E-state index contributed by atoms with van der Waals surface area (Å²) in [5.41, 5.74) is 0. The van der Waals surface area contributed by atoms with E-state index in [1.165, 1.54) is 12.8 Å². The first-order valence-electron chi connectivity index (χ1n) is 7.79. The maximum atomic E-state index is 10.1. The molecule has 0 aromatic rings. The topological polar surface area (TPSA) is 29.5 Å². The van der Waals surface area contributed by atoms with Crippen LogP contribution in [0, 0.1) is 17.8 Å². The summed E-state index contributed by atoms with van der Waals surface area (Å²) in [5.74, 6) is 2.09. The summed E-state index contributed by atoms with van der Waals surface area (Å²) in [6.45, 7) is 8.12. The summed E-state index contributed by atoms with van der Waals surface area (Å²) in [5, 5.41) is 10.1. The Bertz CT molecular complexity index is 260. The minimum absolute atomic E-state index is 0.339. The van der Waals surface area contributed by atoms with Crippen LogP contribution in [0.15, 0.2) is 0 Å². The van der Waals surface area contributed by atoms with Crippen molar-refractivity contribution in [3.63, 3.8) is 0 Å². The van der Waals surface area contributed by atoms with Gasteiger partial charge in [0.1, 0.15) is 12.6 Å². The van der Waals surface area contributed by atoms with Crippen LogP contribution in [-0.4, -0.2) is 56.1 Å². The minimum atomic E-state index is -0.356. The fraction of sp³-hybridized carbons (Fsp3) is 1.00. The van der Waals surface area contributed by atoms with Crippen LogP contribution >= 0.6 is 0 Å². The predicted molar refractivity (Wildman–Crippen MR) is 80.0 cm³/mol. The third kappa shape index (κ3) is 6.24. The molecule has 0 aliphatic heterocycles. The molecule has 0 aromatic heterocycles. The van der Waals surface area contributed by atoms with Gasteiger partial charge in [0.25, 0.3) is 0 Å². The van der Waals surface area contributed by atoms with Gasteiger partial charge in [0.2, 0.25) is 0 Å². The van der Waals surface area contributed by atoms with Crippen LogP contribution < -0.4 is 0 Å². The van der Waals surface area contributed by atoms with Gasteiger partial charge in [-0.05, 0) is 30.6 Å². The van der Waals surface area contributed by atoms with E-state index >= 15 is 0 Å². The molecule has 3 nitrogen and oxygen atoms in total. The summed E-state index contributed by atoms with van der Waals surface area (Å²) in [7, 11) is 6.30. The van der Waals surface area contributed by atoms with E-state index in [1.54, 1.807) is 0 Å². The zero-order chi connectivity index (χ0) is 14.6. The Hall–Kier alpha value is -0.120. The Morgan fingerprint density at radius 3 is 2.37 bits per heavy atom. The zero-order valence-electron chi connectivity index (χ0n) is 13.7. The second-order valence-electron chi connectivity index (χ2n) is 7.82. The number of hydrogen-bond donors (Lipinski definition) is 1. The first-order chi connectivity index (χ1) is 8.69. The van der Waals surface area contributed by atoms with Crippen molar-refractivity contribution in [1.29, 1.82) is 0 Å². The van der Waals surface area contributed by atoms with Crippen molar-refractivity contribution in [2.24, 2.45) is 17.8 Å². The number of hydrogen-bond acceptors (Lipinski definition) is 2. The monoisotopic (exact) mass is 272 g/mol. The van der Waals surface area contributed by atoms with Gasteiger partial charge in [-0.2, -0.15) is 0 Å². The molecule has 114 valence electrons. The molecule has 1 N–H and O–H groups in total. The highest BCUT2D eigenvalue weighted by Gasteiger charge is 2.32. The Balaban J connectivity index is 2.44. The normalized spacial score (nSPS) is 30.6. The Morgan fingerprint density at radius 2 is 1.84 bits per heavy atom. The highest BCUT2D eigenvalue weighted by molar-refractivity contribution is 4.81. The van der Waals surface area contributed by atoms with Gasteiger partial charge in [-0.3, -0.25) is 0 Å². The molecule has 0 aromatic carbocycles. The molecule has 0 saturated heterocycles. The Morgan fingerprint density at radius 1 is 1.21 bits per heavy atom. The van der Waals surface area contributed by atoms with Crippen LogP contribution in [0.1, 0.15) is 40.0 Å². The quantitative estimate of drug-likeness (QED) is 0.753. The smallest absolute Gasteiger partial charge is 0.126 e. The molecule has 0 heterocycles. The van der Waals surface area contributed by atoms with E-state index in [4.69, 9.17) is 4.74 Å². The Labute approximate surface area is 119 Å². The Kier molecular flexibility index (Phi) is 6.28. The molecule has 3 heteroatoms. The number of quaternary nitrogens is 1. The minimum Gasteiger partial charge on any atom is -0.385 e. The molecule has 0 spiro atoms. The number of likely N-dealkylation sites (N-methyl/N-ethyl adjacent to an activating group) is 1. The van der Waals surface area contributed by atoms with Gasteiger partial charge in [0.15, 0.2) is 0 Å². The summed E-state index contributed by atoms with van der Waals surface area (Å²) < 4.78 is 6.85. The van der Waals surface area contributed by atoms with Crippen LogP contribution in [0.4, 0.5) is 0 Å². The number of nitrogens with zero attached hydrogens (tertiary/aromatic N) is 1. The molecule has 0 radical (unpaired) electrons. The summed E-state index contributed by atoms with van der Waals surface area (Å²) in [6, 6.07) is 0. The third-order valence-corrected chi connectivity index (χ3v) is 4.22. The summed E-state index contributed by atoms with van der Waals surface area (Å²) in [4.78, 5) is 0. The second kappa shape index (κ2) is 7.05. The van der Waals surface area contributed by atoms with Crippen LogP contribution in [0.25, 0.3) is 0 Å². The lowest BCUT2D eigenvalue weighted by atomic mass is 9.75. The van der Waals surface area contributed by atoms with E-state index in [-0.39, 0.29) is 6.10 Å².